The van der Waals surface area contributed by atoms with Gasteiger partial charge in [0, 0.05) is 0 Å². The van der Waals surface area contributed by atoms with E-state index in [1.54, 1.807) is 38.2 Å². The third kappa shape index (κ3) is 3.92. The minimum absolute atomic E-state index is 0.113. The zero-order chi connectivity index (χ0) is 15.4. The first kappa shape index (κ1) is 15.7. The first-order valence-corrected chi connectivity index (χ1v) is 7.13. The predicted octanol–water partition coefficient (Wildman–Crippen LogP) is 2.21. The fourth-order valence-electron chi connectivity index (χ4n) is 1.68. The molecule has 21 heavy (non-hydrogen) atoms. The molecule has 0 N–H and O–H groups in total. The van der Waals surface area contributed by atoms with Crippen molar-refractivity contribution in [3.05, 3.63) is 35.7 Å². The summed E-state index contributed by atoms with van der Waals surface area (Å²) in [6.07, 6.45) is 0. The molecule has 1 aromatic heterocycles. The molecular weight excluding hydrogens is 315 g/mol. The number of alkyl halides is 2. The van der Waals surface area contributed by atoms with Crippen molar-refractivity contribution in [3.8, 4) is 5.75 Å². The normalized spacial score (nSPS) is 13.7. The third-order valence-corrected chi connectivity index (χ3v) is 3.67. The summed E-state index contributed by atoms with van der Waals surface area (Å²) in [6.45, 7) is 1.78. The molecule has 2 rings (SSSR count). The lowest BCUT2D eigenvalue weighted by Crippen LogP contribution is -2.23. The largest absolute Gasteiger partial charge is 0.485 e. The minimum atomic E-state index is -0.814. The lowest BCUT2D eigenvalue weighted by Gasteiger charge is -2.13. The van der Waals surface area contributed by atoms with Gasteiger partial charge in [0.15, 0.2) is 12.4 Å². The van der Waals surface area contributed by atoms with Crippen molar-refractivity contribution >= 4 is 29.0 Å². The molecule has 0 spiro atoms. The minimum Gasteiger partial charge on any atom is -0.485 e. The van der Waals surface area contributed by atoms with Crippen molar-refractivity contribution in [2.75, 3.05) is 0 Å². The number of carbonyl (C=O) groups excluding carboxylic acids is 1. The molecule has 0 fully saturated rings. The fraction of sp³-hybridized carbons (Fsp3) is 0.385. The summed E-state index contributed by atoms with van der Waals surface area (Å²) < 4.78 is 5.59. The maximum atomic E-state index is 12.3. The highest BCUT2D eigenvalue weighted by molar-refractivity contribution is 6.39. The maximum Gasteiger partial charge on any atom is 0.212 e. The second kappa shape index (κ2) is 6.87. The molecule has 0 aliphatic carbocycles. The molecule has 0 saturated heterocycles. The highest BCUT2D eigenvalue weighted by Crippen LogP contribution is 2.24. The van der Waals surface area contributed by atoms with Crippen LogP contribution in [0.2, 0.25) is 0 Å². The topological polar surface area (TPSA) is 69.9 Å². The fourth-order valence-corrected chi connectivity index (χ4v) is 1.91. The predicted molar refractivity (Wildman–Crippen MR) is 78.9 cm³/mol. The standard InChI is InChI=1S/C13H14Cl2N4O2/c1-8(14)12(15)13(20)9-5-3-4-6-10(9)21-7-11-16-18-19(2)17-11/h3-6,8,12H,7H2,1-2H3. The van der Waals surface area contributed by atoms with Crippen LogP contribution >= 0.6 is 23.2 Å². The third-order valence-electron chi connectivity index (χ3n) is 2.71. The number of ketones is 1. The number of halogens is 2. The van der Waals surface area contributed by atoms with Gasteiger partial charge in [-0.1, -0.05) is 12.1 Å². The average Bonchev–Trinajstić information content (AvgIpc) is 2.89. The van der Waals surface area contributed by atoms with Crippen LogP contribution in [0.15, 0.2) is 24.3 Å². The Morgan fingerprint density at radius 1 is 1.38 bits per heavy atom. The summed E-state index contributed by atoms with van der Waals surface area (Å²) in [7, 11) is 1.66. The van der Waals surface area contributed by atoms with E-state index in [2.05, 4.69) is 15.4 Å². The Kier molecular flexibility index (Phi) is 5.14. The van der Waals surface area contributed by atoms with Crippen molar-refractivity contribution in [1.29, 1.82) is 0 Å². The Labute approximate surface area is 132 Å². The van der Waals surface area contributed by atoms with Crippen molar-refractivity contribution in [2.24, 2.45) is 7.05 Å². The number of nitrogens with zero attached hydrogens (tertiary/aromatic N) is 4. The molecule has 8 heteroatoms. The van der Waals surface area contributed by atoms with Crippen LogP contribution in [0, 0.1) is 0 Å². The van der Waals surface area contributed by atoms with Crippen LogP contribution in [0.3, 0.4) is 0 Å². The van der Waals surface area contributed by atoms with Gasteiger partial charge in [-0.15, -0.1) is 33.4 Å². The van der Waals surface area contributed by atoms with Crippen molar-refractivity contribution in [2.45, 2.75) is 24.3 Å². The number of rotatable bonds is 6. The SMILES string of the molecule is CC(Cl)C(Cl)C(=O)c1ccccc1OCc1nnn(C)n1. The molecule has 6 nitrogen and oxygen atoms in total. The van der Waals surface area contributed by atoms with Gasteiger partial charge in [0.25, 0.3) is 0 Å². The Bertz CT molecular complexity index is 630. The van der Waals surface area contributed by atoms with Gasteiger partial charge in [-0.25, -0.2) is 0 Å². The molecule has 0 saturated carbocycles. The van der Waals surface area contributed by atoms with E-state index in [4.69, 9.17) is 27.9 Å². The summed E-state index contributed by atoms with van der Waals surface area (Å²) >= 11 is 11.9. The molecule has 0 aliphatic heterocycles. The van der Waals surface area contributed by atoms with E-state index in [-0.39, 0.29) is 12.4 Å². The Hall–Kier alpha value is -1.66. The number of Topliss-reactive ketones (excluding diaryl/α,β-unsaturated/α-hetero) is 1. The van der Waals surface area contributed by atoms with Crippen LogP contribution in [0.1, 0.15) is 23.1 Å². The molecule has 2 unspecified atom stereocenters. The Morgan fingerprint density at radius 2 is 2.10 bits per heavy atom. The van der Waals surface area contributed by atoms with Crippen LogP contribution in [-0.2, 0) is 13.7 Å². The van der Waals surface area contributed by atoms with Crippen LogP contribution in [0.25, 0.3) is 0 Å². The van der Waals surface area contributed by atoms with Crippen LogP contribution in [-0.4, -0.2) is 36.7 Å². The van der Waals surface area contributed by atoms with E-state index < -0.39 is 10.8 Å². The summed E-state index contributed by atoms with van der Waals surface area (Å²) in [5.74, 6) is 0.563. The summed E-state index contributed by atoms with van der Waals surface area (Å²) in [4.78, 5) is 13.6. The van der Waals surface area contributed by atoms with E-state index in [0.717, 1.165) is 0 Å². The molecule has 0 bridgehead atoms. The first-order valence-electron chi connectivity index (χ1n) is 6.26. The summed E-state index contributed by atoms with van der Waals surface area (Å²) in [6, 6.07) is 6.84. The van der Waals surface area contributed by atoms with Gasteiger partial charge in [-0.3, -0.25) is 4.79 Å². The van der Waals surface area contributed by atoms with Crippen LogP contribution in [0.4, 0.5) is 0 Å². The number of aromatic nitrogens is 4. The van der Waals surface area contributed by atoms with Gasteiger partial charge in [-0.05, 0) is 24.3 Å². The van der Waals surface area contributed by atoms with E-state index in [1.165, 1.54) is 4.80 Å². The molecule has 1 heterocycles. The number of ether oxygens (including phenoxy) is 1. The highest BCUT2D eigenvalue weighted by Gasteiger charge is 2.24. The highest BCUT2D eigenvalue weighted by atomic mass is 35.5. The first-order chi connectivity index (χ1) is 9.99. The quantitative estimate of drug-likeness (QED) is 0.600. The Balaban J connectivity index is 2.15. The van der Waals surface area contributed by atoms with Crippen molar-refractivity contribution < 1.29 is 9.53 Å². The lowest BCUT2D eigenvalue weighted by atomic mass is 10.1. The zero-order valence-electron chi connectivity index (χ0n) is 11.5. The van der Waals surface area contributed by atoms with Crippen molar-refractivity contribution in [1.82, 2.24) is 20.2 Å². The molecule has 2 aromatic rings. The number of para-hydroxylation sites is 1. The Morgan fingerprint density at radius 3 is 2.71 bits per heavy atom. The number of hydrogen-bond acceptors (Lipinski definition) is 5. The average molecular weight is 329 g/mol. The number of tetrazole rings is 1. The van der Waals surface area contributed by atoms with Gasteiger partial charge in [-0.2, -0.15) is 4.80 Å². The number of benzene rings is 1. The van der Waals surface area contributed by atoms with Gasteiger partial charge < -0.3 is 4.74 Å². The smallest absolute Gasteiger partial charge is 0.212 e. The maximum absolute atomic E-state index is 12.3. The molecule has 1 aromatic carbocycles. The molecule has 112 valence electrons. The van der Waals surface area contributed by atoms with E-state index in [9.17, 15) is 4.79 Å². The van der Waals surface area contributed by atoms with E-state index in [1.807, 2.05) is 0 Å². The molecule has 0 aliphatic rings. The number of carbonyl (C=O) groups is 1. The second-order valence-electron chi connectivity index (χ2n) is 4.42. The molecule has 2 atom stereocenters. The molecule has 0 radical (unpaired) electrons. The van der Waals surface area contributed by atoms with Gasteiger partial charge >= 0.3 is 0 Å². The summed E-state index contributed by atoms with van der Waals surface area (Å²) in [5, 5.41) is 10.2. The summed E-state index contributed by atoms with van der Waals surface area (Å²) in [5.41, 5.74) is 0.383. The van der Waals surface area contributed by atoms with Gasteiger partial charge in [0.05, 0.1) is 18.0 Å². The van der Waals surface area contributed by atoms with E-state index in [0.29, 0.717) is 17.1 Å². The number of aryl methyl sites for hydroxylation is 1. The monoisotopic (exact) mass is 328 g/mol. The van der Waals surface area contributed by atoms with Gasteiger partial charge in [0.1, 0.15) is 11.1 Å². The van der Waals surface area contributed by atoms with E-state index >= 15 is 0 Å². The van der Waals surface area contributed by atoms with Crippen LogP contribution in [0.5, 0.6) is 5.75 Å². The van der Waals surface area contributed by atoms with Crippen LogP contribution < -0.4 is 4.74 Å². The van der Waals surface area contributed by atoms with Crippen molar-refractivity contribution in [3.63, 3.8) is 0 Å². The number of hydrogen-bond donors (Lipinski definition) is 0. The molecular formula is C13H14Cl2N4O2. The molecule has 0 amide bonds. The van der Waals surface area contributed by atoms with Gasteiger partial charge in [0.2, 0.25) is 5.82 Å². The zero-order valence-corrected chi connectivity index (χ0v) is 13.0. The second-order valence-corrected chi connectivity index (χ2v) is 5.58. The lowest BCUT2D eigenvalue weighted by molar-refractivity contribution is 0.0982.